The zero-order valence-electron chi connectivity index (χ0n) is 18.0. The van der Waals surface area contributed by atoms with Crippen LogP contribution in [0.4, 0.5) is 0 Å². The molecule has 0 aromatic heterocycles. The van der Waals surface area contributed by atoms with E-state index < -0.39 is 40.5 Å². The molecule has 2 aromatic rings. The Morgan fingerprint density at radius 1 is 1.15 bits per heavy atom. The van der Waals surface area contributed by atoms with Gasteiger partial charge in [0.1, 0.15) is 17.5 Å². The van der Waals surface area contributed by atoms with Gasteiger partial charge in [-0.05, 0) is 23.1 Å². The molecule has 2 heterocycles. The molecule has 172 valence electrons. The lowest BCUT2D eigenvalue weighted by Crippen LogP contribution is -2.53. The molecular weight excluding hydrogens is 460 g/mol. The Kier molecular flexibility index (Phi) is 7.09. The van der Waals surface area contributed by atoms with Crippen LogP contribution >= 0.6 is 23.5 Å². The van der Waals surface area contributed by atoms with Crippen LogP contribution in [-0.4, -0.2) is 56.0 Å². The first-order valence-electron chi connectivity index (χ1n) is 10.6. The third-order valence-corrected chi connectivity index (χ3v) is 8.07. The Bertz CT molecular complexity index is 1080. The van der Waals surface area contributed by atoms with Crippen molar-refractivity contribution < 1.29 is 24.3 Å². The molecular formula is C24H24N2O5S2. The lowest BCUT2D eigenvalue weighted by molar-refractivity contribution is -0.150. The fourth-order valence-electron chi connectivity index (χ4n) is 4.25. The SMILES string of the molecule is CC(=O)SC(Cc1ccccc1)C(=O)N[C@H]1Cc2ccccc2[C@@H]2SC[C@@H](C(=O)O)N2C1=O. The molecule has 0 radical (unpaired) electrons. The van der Waals surface area contributed by atoms with Gasteiger partial charge in [-0.25, -0.2) is 4.79 Å². The number of carbonyl (C=O) groups is 4. The second-order valence-electron chi connectivity index (χ2n) is 8.04. The van der Waals surface area contributed by atoms with E-state index in [0.717, 1.165) is 28.5 Å². The van der Waals surface area contributed by atoms with Gasteiger partial charge < -0.3 is 15.3 Å². The Labute approximate surface area is 200 Å². The van der Waals surface area contributed by atoms with Crippen molar-refractivity contribution in [1.82, 2.24) is 10.2 Å². The summed E-state index contributed by atoms with van der Waals surface area (Å²) < 4.78 is 0. The number of hydrogen-bond donors (Lipinski definition) is 2. The van der Waals surface area contributed by atoms with Crippen molar-refractivity contribution in [3.8, 4) is 0 Å². The predicted molar refractivity (Wildman–Crippen MR) is 128 cm³/mol. The molecule has 9 heteroatoms. The van der Waals surface area contributed by atoms with E-state index in [-0.39, 0.29) is 17.3 Å². The highest BCUT2D eigenvalue weighted by molar-refractivity contribution is 8.14. The summed E-state index contributed by atoms with van der Waals surface area (Å²) in [5.74, 6) is -1.59. The minimum absolute atomic E-state index is 0.189. The van der Waals surface area contributed by atoms with Crippen LogP contribution in [0, 0.1) is 0 Å². The Hall–Kier alpha value is -2.78. The third-order valence-electron chi connectivity index (χ3n) is 5.76. The smallest absolute Gasteiger partial charge is 0.327 e. The van der Waals surface area contributed by atoms with E-state index in [9.17, 15) is 24.3 Å². The summed E-state index contributed by atoms with van der Waals surface area (Å²) >= 11 is 2.36. The highest BCUT2D eigenvalue weighted by atomic mass is 32.2. The maximum Gasteiger partial charge on any atom is 0.327 e. The zero-order valence-corrected chi connectivity index (χ0v) is 19.6. The van der Waals surface area contributed by atoms with Crippen LogP contribution in [0.5, 0.6) is 0 Å². The molecule has 0 bridgehead atoms. The molecule has 2 amide bonds. The molecule has 2 N–H and O–H groups in total. The van der Waals surface area contributed by atoms with E-state index >= 15 is 0 Å². The lowest BCUT2D eigenvalue weighted by Gasteiger charge is -2.29. The number of hydrogen-bond acceptors (Lipinski definition) is 6. The van der Waals surface area contributed by atoms with Gasteiger partial charge in [0, 0.05) is 19.1 Å². The van der Waals surface area contributed by atoms with Gasteiger partial charge in [-0.15, -0.1) is 11.8 Å². The first-order valence-corrected chi connectivity index (χ1v) is 12.5. The molecule has 2 aliphatic heterocycles. The monoisotopic (exact) mass is 484 g/mol. The predicted octanol–water partition coefficient (Wildman–Crippen LogP) is 2.65. The number of amides is 2. The molecule has 1 saturated heterocycles. The first-order chi connectivity index (χ1) is 15.8. The number of carboxylic acids is 1. The summed E-state index contributed by atoms with van der Waals surface area (Å²) in [5.41, 5.74) is 2.71. The highest BCUT2D eigenvalue weighted by Gasteiger charge is 2.47. The first kappa shape index (κ1) is 23.4. The summed E-state index contributed by atoms with van der Waals surface area (Å²) in [6.07, 6.45) is 0.609. The Morgan fingerprint density at radius 3 is 2.55 bits per heavy atom. The van der Waals surface area contributed by atoms with Gasteiger partial charge in [0.2, 0.25) is 11.8 Å². The number of thioether (sulfide) groups is 2. The quantitative estimate of drug-likeness (QED) is 0.650. The summed E-state index contributed by atoms with van der Waals surface area (Å²) in [6, 6.07) is 15.1. The van der Waals surface area contributed by atoms with Crippen LogP contribution in [0.25, 0.3) is 0 Å². The van der Waals surface area contributed by atoms with E-state index in [1.165, 1.54) is 23.6 Å². The molecule has 0 spiro atoms. The molecule has 2 aliphatic rings. The van der Waals surface area contributed by atoms with Gasteiger partial charge in [-0.2, -0.15) is 0 Å². The van der Waals surface area contributed by atoms with Gasteiger partial charge in [0.15, 0.2) is 5.12 Å². The molecule has 1 unspecified atom stereocenters. The van der Waals surface area contributed by atoms with Crippen LogP contribution in [0.2, 0.25) is 0 Å². The number of nitrogens with zero attached hydrogens (tertiary/aromatic N) is 1. The molecule has 4 rings (SSSR count). The standard InChI is InChI=1S/C24H24N2O5S2/c1-14(27)33-20(11-15-7-3-2-4-8-15)21(28)25-18-12-16-9-5-6-10-17(16)23-26(22(18)29)19(13-32-23)24(30)31/h2-10,18-20,23H,11-13H2,1H3,(H,25,28)(H,30,31)/t18-,19-,20?,23-/m0/s1. The Balaban J connectivity index is 1.61. The van der Waals surface area contributed by atoms with Crippen LogP contribution in [0.1, 0.15) is 29.0 Å². The number of benzene rings is 2. The van der Waals surface area contributed by atoms with E-state index in [1.54, 1.807) is 0 Å². The maximum atomic E-state index is 13.5. The maximum absolute atomic E-state index is 13.5. The van der Waals surface area contributed by atoms with Crippen molar-refractivity contribution in [1.29, 1.82) is 0 Å². The largest absolute Gasteiger partial charge is 0.480 e. The van der Waals surface area contributed by atoms with Gasteiger partial charge in [0.25, 0.3) is 0 Å². The van der Waals surface area contributed by atoms with Gasteiger partial charge in [-0.3, -0.25) is 14.4 Å². The summed E-state index contributed by atoms with van der Waals surface area (Å²) in [7, 11) is 0. The molecule has 33 heavy (non-hydrogen) atoms. The van der Waals surface area contributed by atoms with E-state index in [4.69, 9.17) is 0 Å². The normalized spacial score (nSPS) is 22.6. The topological polar surface area (TPSA) is 104 Å². The van der Waals surface area contributed by atoms with E-state index in [2.05, 4.69) is 5.32 Å². The highest BCUT2D eigenvalue weighted by Crippen LogP contribution is 2.45. The van der Waals surface area contributed by atoms with Crippen LogP contribution in [-0.2, 0) is 32.0 Å². The van der Waals surface area contributed by atoms with E-state index in [1.807, 2.05) is 54.6 Å². The third kappa shape index (κ3) is 5.09. The minimum atomic E-state index is -1.06. The van der Waals surface area contributed by atoms with Crippen LogP contribution in [0.15, 0.2) is 54.6 Å². The molecule has 7 nitrogen and oxygen atoms in total. The molecule has 2 aromatic carbocycles. The van der Waals surface area contributed by atoms with Crippen molar-refractivity contribution >= 4 is 46.4 Å². The average Bonchev–Trinajstić information content (AvgIpc) is 3.19. The second-order valence-corrected chi connectivity index (χ2v) is 10.5. The van der Waals surface area contributed by atoms with Crippen molar-refractivity contribution in [3.05, 3.63) is 71.3 Å². The number of nitrogens with one attached hydrogen (secondary N) is 1. The van der Waals surface area contributed by atoms with Crippen molar-refractivity contribution in [2.75, 3.05) is 5.75 Å². The number of rotatable bonds is 6. The van der Waals surface area contributed by atoms with Gasteiger partial charge >= 0.3 is 5.97 Å². The van der Waals surface area contributed by atoms with Crippen LogP contribution < -0.4 is 5.32 Å². The molecule has 0 aliphatic carbocycles. The molecule has 1 fully saturated rings. The van der Waals surface area contributed by atoms with Crippen LogP contribution in [0.3, 0.4) is 0 Å². The fourth-order valence-corrected chi connectivity index (χ4v) is 6.59. The molecule has 0 saturated carbocycles. The van der Waals surface area contributed by atoms with Crippen molar-refractivity contribution in [3.63, 3.8) is 0 Å². The second kappa shape index (κ2) is 10.0. The number of carbonyl (C=O) groups excluding carboxylic acids is 3. The van der Waals surface area contributed by atoms with Gasteiger partial charge in [0.05, 0.1) is 5.25 Å². The number of aliphatic carboxylic acids is 1. The zero-order chi connectivity index (χ0) is 23.5. The van der Waals surface area contributed by atoms with Gasteiger partial charge in [-0.1, -0.05) is 66.4 Å². The lowest BCUT2D eigenvalue weighted by atomic mass is 10.0. The Morgan fingerprint density at radius 2 is 1.85 bits per heavy atom. The van der Waals surface area contributed by atoms with Crippen molar-refractivity contribution in [2.45, 2.75) is 42.5 Å². The summed E-state index contributed by atoms with van der Waals surface area (Å²) in [5, 5.41) is 11.2. The average molecular weight is 485 g/mol. The number of fused-ring (bicyclic) bond motifs is 3. The number of carboxylic acid groups (broad SMARTS) is 1. The molecule has 4 atom stereocenters. The fraction of sp³-hybridized carbons (Fsp3) is 0.333. The minimum Gasteiger partial charge on any atom is -0.480 e. The summed E-state index contributed by atoms with van der Waals surface area (Å²) in [4.78, 5) is 51.8. The van der Waals surface area contributed by atoms with E-state index in [0.29, 0.717) is 6.42 Å². The van der Waals surface area contributed by atoms with Crippen molar-refractivity contribution in [2.24, 2.45) is 0 Å². The summed E-state index contributed by atoms with van der Waals surface area (Å²) in [6.45, 7) is 1.41.